The summed E-state index contributed by atoms with van der Waals surface area (Å²) in [7, 11) is -5.27. The van der Waals surface area contributed by atoms with E-state index < -0.39 is 111 Å². The van der Waals surface area contributed by atoms with Crippen LogP contribution in [0.25, 0.3) is 0 Å². The summed E-state index contributed by atoms with van der Waals surface area (Å²) in [6, 6.07) is -0.869. The number of carbonyl (C=O) groups excluding carboxylic acids is 7. The van der Waals surface area contributed by atoms with Crippen LogP contribution in [0, 0.1) is 41.4 Å². The molecule has 0 spiro atoms. The fourth-order valence-corrected chi connectivity index (χ4v) is 6.01. The number of rotatable bonds is 22. The van der Waals surface area contributed by atoms with Gasteiger partial charge in [0.15, 0.2) is 0 Å². The van der Waals surface area contributed by atoms with E-state index in [0.717, 1.165) is 25.2 Å². The van der Waals surface area contributed by atoms with Crippen LogP contribution < -0.4 is 277 Å². The number of hydrogen-bond acceptors (Lipinski definition) is 15. The molecule has 0 aliphatic carbocycles. The average molecular weight is 829 g/mol. The third-order valence-electron chi connectivity index (χ3n) is 7.64. The number of carboxylic acids is 4. The van der Waals surface area contributed by atoms with Gasteiger partial charge in [0.05, 0.1) is 17.9 Å². The van der Waals surface area contributed by atoms with Gasteiger partial charge in [-0.15, -0.1) is 6.04 Å². The van der Waals surface area contributed by atoms with Gasteiger partial charge in [-0.3, -0.25) is 18.4 Å². The predicted octanol–water partition coefficient (Wildman–Crippen LogP) is -32.4. The largest absolute Gasteiger partial charge is 1.00 e. The van der Waals surface area contributed by atoms with Crippen molar-refractivity contribution in [2.45, 2.75) is 59.6 Å². The number of aliphatic carboxylic acids is 4. The normalized spacial score (nSPS) is 14.4. The molecule has 0 saturated heterocycles. The van der Waals surface area contributed by atoms with Gasteiger partial charge in [-0.25, -0.2) is 0 Å². The number of ether oxygens (including phenoxy) is 1. The average Bonchev–Trinajstić information content (AvgIpc) is 2.91. The number of nitrogens with one attached hydrogen (secondary N) is 1. The van der Waals surface area contributed by atoms with Crippen LogP contribution >= 0.6 is 0 Å². The summed E-state index contributed by atoms with van der Waals surface area (Å²) >= 11 is 0. The molecule has 52 heavy (non-hydrogen) atoms. The maximum atomic E-state index is 13.9. The maximum absolute atomic E-state index is 13.9. The molecule has 0 fully saturated rings. The Morgan fingerprint density at radius 3 is 1.40 bits per heavy atom. The smallest absolute Gasteiger partial charge is 0.881 e. The molecule has 0 heterocycles. The van der Waals surface area contributed by atoms with Gasteiger partial charge in [-0.1, -0.05) is 27.2 Å². The van der Waals surface area contributed by atoms with Gasteiger partial charge in [0.2, 0.25) is 11.8 Å². The Labute approximate surface area is 482 Å². The summed E-state index contributed by atoms with van der Waals surface area (Å²) in [5.74, 6) is -26.2. The molecule has 8 atom stereocenters. The predicted molar refractivity (Wildman–Crippen MR) is 133 cm³/mol. The fourth-order valence-electron chi connectivity index (χ4n) is 5.40. The molecule has 0 aromatic rings. The SMILES string of the molecule is CCC(O[C-]=O)C(C(=O)NCCC[Si]([O-])([O-])[O-])[C@@H](C(=O)[O-])C(C(=O)N(CC)CC)[C@@H](C(=O)[O-])[C@@H](C)[C@@H](C(=O)[O-])C(C)C(=O)[O-].[Na+].[Na+].[Na+].[Na+].[Na+].[Na+].[Na+].[Na+]. The van der Waals surface area contributed by atoms with Crippen molar-refractivity contribution in [3.63, 3.8) is 0 Å². The van der Waals surface area contributed by atoms with Crippen LogP contribution in [0.4, 0.5) is 0 Å². The summed E-state index contributed by atoms with van der Waals surface area (Å²) in [4.78, 5) is 121. The molecule has 0 aliphatic rings. The molecule has 17 nitrogen and oxygen atoms in total. The van der Waals surface area contributed by atoms with Gasteiger partial charge in [-0.05, 0) is 32.6 Å². The number of amides is 2. The topological polar surface area (TPSA) is 305 Å². The Morgan fingerprint density at radius 1 is 0.673 bits per heavy atom. The molecule has 2 amide bonds. The van der Waals surface area contributed by atoms with E-state index in [9.17, 15) is 68.4 Å². The van der Waals surface area contributed by atoms with Crippen molar-refractivity contribution in [2.75, 3.05) is 19.6 Å². The molecular formula is C26H36N2Na8O15Si. The zero-order valence-corrected chi connectivity index (χ0v) is 49.9. The van der Waals surface area contributed by atoms with Crippen molar-refractivity contribution in [1.29, 1.82) is 0 Å². The molecule has 0 aliphatic heterocycles. The van der Waals surface area contributed by atoms with Crippen LogP contribution in [-0.2, 0) is 38.3 Å². The Hall–Kier alpha value is 4.39. The molecule has 0 bridgehead atoms. The second kappa shape index (κ2) is 39.5. The number of carbonyl (C=O) groups is 6. The molecule has 0 aromatic heterocycles. The van der Waals surface area contributed by atoms with E-state index in [1.54, 1.807) is 0 Å². The summed E-state index contributed by atoms with van der Waals surface area (Å²) < 4.78 is 4.79. The molecule has 0 aromatic carbocycles. The zero-order valence-electron chi connectivity index (χ0n) is 32.9. The minimum atomic E-state index is -5.27. The Balaban J connectivity index is -0.000000330. The van der Waals surface area contributed by atoms with Crippen LogP contribution in [0.1, 0.15) is 47.5 Å². The summed E-state index contributed by atoms with van der Waals surface area (Å²) in [6.07, 6.45) is -2.43. The number of carboxylic acid groups (broad SMARTS) is 4. The Bertz CT molecular complexity index is 1060. The van der Waals surface area contributed by atoms with Crippen LogP contribution in [0.3, 0.4) is 0 Å². The number of hydrogen-bond donors (Lipinski definition) is 1. The first-order chi connectivity index (χ1) is 20.3. The fraction of sp³-hybridized carbons (Fsp3) is 0.731. The van der Waals surface area contributed by atoms with Crippen LogP contribution in [0.5, 0.6) is 0 Å². The van der Waals surface area contributed by atoms with Gasteiger partial charge < -0.3 is 73.7 Å². The van der Waals surface area contributed by atoms with E-state index in [1.165, 1.54) is 20.8 Å². The number of nitrogens with zero attached hydrogens (tertiary/aromatic N) is 1. The monoisotopic (exact) mass is 828 g/mol. The van der Waals surface area contributed by atoms with Crippen molar-refractivity contribution in [3.8, 4) is 0 Å². The molecule has 0 radical (unpaired) electrons. The van der Waals surface area contributed by atoms with E-state index in [0.29, 0.717) is 0 Å². The Kier molecular flexibility index (Phi) is 58.5. The minimum absolute atomic E-state index is 0. The van der Waals surface area contributed by atoms with Crippen LogP contribution in [0.2, 0.25) is 6.04 Å². The van der Waals surface area contributed by atoms with Gasteiger partial charge in [0.1, 0.15) is 0 Å². The van der Waals surface area contributed by atoms with Gasteiger partial charge in [-0.2, -0.15) is 0 Å². The van der Waals surface area contributed by atoms with E-state index in [4.69, 9.17) is 4.74 Å². The van der Waals surface area contributed by atoms with Crippen molar-refractivity contribution in [1.82, 2.24) is 10.2 Å². The Morgan fingerprint density at radius 2 is 1.10 bits per heavy atom. The van der Waals surface area contributed by atoms with E-state index in [2.05, 4.69) is 5.32 Å². The summed E-state index contributed by atoms with van der Waals surface area (Å²) in [5.41, 5.74) is 0. The van der Waals surface area contributed by atoms with E-state index in [1.807, 2.05) is 0 Å². The first-order valence-corrected chi connectivity index (χ1v) is 15.8. The molecule has 0 saturated carbocycles. The first kappa shape index (κ1) is 77.0. The first-order valence-electron chi connectivity index (χ1n) is 13.9. The van der Waals surface area contributed by atoms with Crippen molar-refractivity contribution in [2.24, 2.45) is 41.4 Å². The standard InChI is InChI=1S/C26H40N2O15Si.8Na/c1-6-15(43-12-29)18(21(30)27-10-9-11-44(40,41)42)20(26(38)39)19(22(31)28(7-2)8-3)17(25(36)37)13(4)16(24(34)35)14(5)23(32)33;;;;;;;;/h13-20H,6-11H2,1-5H3,(H,27,30)(H,32,33)(H,34,35)(H,36,37)(H,38,39);;;;;;;;/q-4;8*+1/p-4/t13-,14?,15?,16+,17-,18?,19?,20+;;;;;;;;/m0......../s1. The van der Waals surface area contributed by atoms with Crippen molar-refractivity contribution in [3.05, 3.63) is 0 Å². The third-order valence-corrected chi connectivity index (χ3v) is 8.61. The maximum Gasteiger partial charge on any atom is 1.00 e. The molecule has 1 N–H and O–H groups in total. The van der Waals surface area contributed by atoms with Gasteiger partial charge >= 0.3 is 236 Å². The second-order valence-corrected chi connectivity index (χ2v) is 12.2. The van der Waals surface area contributed by atoms with Gasteiger partial charge in [0.25, 0.3) is 0 Å². The van der Waals surface area contributed by atoms with Crippen molar-refractivity contribution < 1.29 is 310 Å². The molecular weight excluding hydrogens is 792 g/mol. The van der Waals surface area contributed by atoms with E-state index in [-0.39, 0.29) is 256 Å². The third kappa shape index (κ3) is 25.9. The van der Waals surface area contributed by atoms with E-state index >= 15 is 0 Å². The van der Waals surface area contributed by atoms with Crippen LogP contribution in [-0.4, -0.2) is 81.6 Å². The molecule has 4 unspecified atom stereocenters. The van der Waals surface area contributed by atoms with Gasteiger partial charge in [0, 0.05) is 67.2 Å². The second-order valence-electron chi connectivity index (χ2n) is 10.3. The molecule has 26 heteroatoms. The molecule has 0 rings (SSSR count). The quantitative estimate of drug-likeness (QED) is 0.0602. The zero-order chi connectivity index (χ0) is 34.5. The summed E-state index contributed by atoms with van der Waals surface area (Å²) in [6.45, 7) is 6.28. The summed E-state index contributed by atoms with van der Waals surface area (Å²) in [5, 5.41) is 51.2. The minimum Gasteiger partial charge on any atom is -0.881 e. The molecule has 252 valence electrons. The van der Waals surface area contributed by atoms with Crippen molar-refractivity contribution >= 4 is 51.0 Å². The van der Waals surface area contributed by atoms with Crippen LogP contribution in [0.15, 0.2) is 0 Å².